The van der Waals surface area contributed by atoms with Gasteiger partial charge in [0.2, 0.25) is 5.91 Å². The molecule has 0 radical (unpaired) electrons. The van der Waals surface area contributed by atoms with Gasteiger partial charge in [-0.25, -0.2) is 0 Å². The van der Waals surface area contributed by atoms with Crippen LogP contribution in [0.15, 0.2) is 54.7 Å². The Morgan fingerprint density at radius 3 is 2.57 bits per heavy atom. The number of nitrogens with one attached hydrogen (secondary N) is 1. The molecule has 3 aromatic rings. The number of halogens is 1. The minimum atomic E-state index is 0.0290. The van der Waals surface area contributed by atoms with Crippen LogP contribution in [0.3, 0.4) is 0 Å². The van der Waals surface area contributed by atoms with Crippen molar-refractivity contribution in [2.45, 2.75) is 6.92 Å². The van der Waals surface area contributed by atoms with Crippen molar-refractivity contribution >= 4 is 39.8 Å². The summed E-state index contributed by atoms with van der Waals surface area (Å²) in [6.07, 6.45) is 1.83. The number of amides is 1. The molecule has 1 saturated heterocycles. The number of anilines is 2. The summed E-state index contributed by atoms with van der Waals surface area (Å²) in [5, 5.41) is 4.78. The van der Waals surface area contributed by atoms with Gasteiger partial charge in [0.1, 0.15) is 0 Å². The molecule has 1 N–H and O–H groups in total. The molecule has 0 unspecified atom stereocenters. The van der Waals surface area contributed by atoms with Gasteiger partial charge < -0.3 is 10.2 Å². The van der Waals surface area contributed by atoms with Gasteiger partial charge >= 0.3 is 0 Å². The van der Waals surface area contributed by atoms with Crippen LogP contribution in [0, 0.1) is 6.92 Å². The highest BCUT2D eigenvalue weighted by Crippen LogP contribution is 2.28. The summed E-state index contributed by atoms with van der Waals surface area (Å²) in [7, 11) is 0. The van der Waals surface area contributed by atoms with Crippen LogP contribution < -0.4 is 10.2 Å². The summed E-state index contributed by atoms with van der Waals surface area (Å²) < 4.78 is 0. The maximum Gasteiger partial charge on any atom is 0.238 e. The Bertz CT molecular complexity index is 981. The van der Waals surface area contributed by atoms with E-state index in [4.69, 9.17) is 11.6 Å². The van der Waals surface area contributed by atoms with Gasteiger partial charge in [0.05, 0.1) is 12.1 Å². The molecule has 0 spiro atoms. The fourth-order valence-corrected chi connectivity index (χ4v) is 3.74. The summed E-state index contributed by atoms with van der Waals surface area (Å²) in [5.74, 6) is 0.0290. The van der Waals surface area contributed by atoms with Crippen molar-refractivity contribution in [2.75, 3.05) is 42.9 Å². The smallest absolute Gasteiger partial charge is 0.238 e. The largest absolute Gasteiger partial charge is 0.368 e. The maximum absolute atomic E-state index is 12.3. The fraction of sp³-hybridized carbons (Fsp3) is 0.273. The lowest BCUT2D eigenvalue weighted by Gasteiger charge is -2.36. The maximum atomic E-state index is 12.3. The topological polar surface area (TPSA) is 48.5 Å². The average Bonchev–Trinajstić information content (AvgIpc) is 2.70. The molecule has 0 atom stereocenters. The molecule has 28 heavy (non-hydrogen) atoms. The number of hydrogen-bond acceptors (Lipinski definition) is 4. The molecule has 0 bridgehead atoms. The molecule has 4 rings (SSSR count). The molecule has 144 valence electrons. The van der Waals surface area contributed by atoms with Crippen molar-refractivity contribution in [3.05, 3.63) is 65.3 Å². The van der Waals surface area contributed by atoms with Crippen molar-refractivity contribution in [2.24, 2.45) is 0 Å². The van der Waals surface area contributed by atoms with E-state index in [1.165, 1.54) is 11.3 Å². The minimum Gasteiger partial charge on any atom is -0.368 e. The van der Waals surface area contributed by atoms with Crippen LogP contribution >= 0.6 is 11.6 Å². The van der Waals surface area contributed by atoms with Crippen LogP contribution in [0.1, 0.15) is 5.56 Å². The Morgan fingerprint density at radius 1 is 1.07 bits per heavy atom. The van der Waals surface area contributed by atoms with Gasteiger partial charge in [0.25, 0.3) is 0 Å². The number of rotatable bonds is 4. The van der Waals surface area contributed by atoms with Crippen LogP contribution in [0.2, 0.25) is 5.02 Å². The Labute approximate surface area is 169 Å². The lowest BCUT2D eigenvalue weighted by Crippen LogP contribution is -2.48. The lowest BCUT2D eigenvalue weighted by molar-refractivity contribution is -0.117. The monoisotopic (exact) mass is 394 g/mol. The number of pyridine rings is 1. The SMILES string of the molecule is Cc1ccc(NC(=O)CN2CCN(c3ccnc4cc(Cl)ccc34)CC2)cc1. The standard InChI is InChI=1S/C22H23ClN4O/c1-16-2-5-18(6-3-16)25-22(28)15-26-10-12-27(13-11-26)21-8-9-24-20-14-17(23)4-7-19(20)21/h2-9,14H,10-13,15H2,1H3,(H,25,28). The molecule has 1 aliphatic heterocycles. The van der Waals surface area contributed by atoms with Gasteiger partial charge in [-0.05, 0) is 43.3 Å². The number of fused-ring (bicyclic) bond motifs is 1. The number of carbonyl (C=O) groups excluding carboxylic acids is 1. The van der Waals surface area contributed by atoms with E-state index in [2.05, 4.69) is 26.2 Å². The highest BCUT2D eigenvalue weighted by Gasteiger charge is 2.20. The molecule has 0 saturated carbocycles. The summed E-state index contributed by atoms with van der Waals surface area (Å²) in [4.78, 5) is 21.3. The van der Waals surface area contributed by atoms with E-state index < -0.39 is 0 Å². The number of carbonyl (C=O) groups is 1. The summed E-state index contributed by atoms with van der Waals surface area (Å²) >= 11 is 6.09. The van der Waals surface area contributed by atoms with Crippen molar-refractivity contribution in [1.82, 2.24) is 9.88 Å². The summed E-state index contributed by atoms with van der Waals surface area (Å²) in [5.41, 5.74) is 4.10. The van der Waals surface area contributed by atoms with Crippen molar-refractivity contribution in [3.63, 3.8) is 0 Å². The van der Waals surface area contributed by atoms with Gasteiger partial charge in [-0.1, -0.05) is 29.3 Å². The summed E-state index contributed by atoms with van der Waals surface area (Å²) in [6, 6.07) is 15.8. The highest BCUT2D eigenvalue weighted by molar-refractivity contribution is 6.31. The number of benzene rings is 2. The molecule has 2 heterocycles. The number of hydrogen-bond donors (Lipinski definition) is 1. The molecule has 1 amide bonds. The van der Waals surface area contributed by atoms with Crippen molar-refractivity contribution in [3.8, 4) is 0 Å². The van der Waals surface area contributed by atoms with Gasteiger partial charge in [-0.3, -0.25) is 14.7 Å². The predicted octanol–water partition coefficient (Wildman–Crippen LogP) is 3.96. The first-order chi connectivity index (χ1) is 13.6. The highest BCUT2D eigenvalue weighted by atomic mass is 35.5. The van der Waals surface area contributed by atoms with Crippen LogP contribution in [-0.4, -0.2) is 48.5 Å². The molecule has 2 aromatic carbocycles. The van der Waals surface area contributed by atoms with Gasteiger partial charge in [0, 0.05) is 54.2 Å². The van der Waals surface area contributed by atoms with Crippen molar-refractivity contribution < 1.29 is 4.79 Å². The Balaban J connectivity index is 1.36. The van der Waals surface area contributed by atoms with E-state index >= 15 is 0 Å². The second-order valence-corrected chi connectivity index (χ2v) is 7.61. The van der Waals surface area contributed by atoms with Gasteiger partial charge in [0.15, 0.2) is 0 Å². The zero-order valence-corrected chi connectivity index (χ0v) is 16.6. The molecular formula is C22H23ClN4O. The van der Waals surface area contributed by atoms with Gasteiger partial charge in [-0.15, -0.1) is 0 Å². The molecule has 1 fully saturated rings. The van der Waals surface area contributed by atoms with E-state index in [1.807, 2.05) is 55.6 Å². The van der Waals surface area contributed by atoms with Crippen LogP contribution in [-0.2, 0) is 4.79 Å². The number of aromatic nitrogens is 1. The Morgan fingerprint density at radius 2 is 1.82 bits per heavy atom. The third-order valence-corrected chi connectivity index (χ3v) is 5.33. The zero-order chi connectivity index (χ0) is 19.5. The molecule has 6 heteroatoms. The fourth-order valence-electron chi connectivity index (χ4n) is 3.57. The second-order valence-electron chi connectivity index (χ2n) is 7.17. The first-order valence-electron chi connectivity index (χ1n) is 9.46. The second kappa shape index (κ2) is 8.17. The normalized spacial score (nSPS) is 15.0. The van der Waals surface area contributed by atoms with Crippen LogP contribution in [0.25, 0.3) is 10.9 Å². The predicted molar refractivity (Wildman–Crippen MR) is 115 cm³/mol. The Hall–Kier alpha value is -2.63. The van der Waals surface area contributed by atoms with Gasteiger partial charge in [-0.2, -0.15) is 0 Å². The Kier molecular flexibility index (Phi) is 5.46. The van der Waals surface area contributed by atoms with Crippen molar-refractivity contribution in [1.29, 1.82) is 0 Å². The molecule has 5 nitrogen and oxygen atoms in total. The molecular weight excluding hydrogens is 372 g/mol. The average molecular weight is 395 g/mol. The van der Waals surface area contributed by atoms with E-state index in [9.17, 15) is 4.79 Å². The zero-order valence-electron chi connectivity index (χ0n) is 15.9. The number of nitrogens with zero attached hydrogens (tertiary/aromatic N) is 3. The van der Waals surface area contributed by atoms with Crippen LogP contribution in [0.5, 0.6) is 0 Å². The van der Waals surface area contributed by atoms with Crippen LogP contribution in [0.4, 0.5) is 11.4 Å². The van der Waals surface area contributed by atoms with E-state index in [-0.39, 0.29) is 5.91 Å². The minimum absolute atomic E-state index is 0.0290. The quantitative estimate of drug-likeness (QED) is 0.727. The number of aryl methyl sites for hydroxylation is 1. The molecule has 1 aliphatic rings. The third-order valence-electron chi connectivity index (χ3n) is 5.10. The van der Waals surface area contributed by atoms with E-state index in [0.29, 0.717) is 11.6 Å². The van der Waals surface area contributed by atoms with E-state index in [1.54, 1.807) is 0 Å². The van der Waals surface area contributed by atoms with E-state index in [0.717, 1.165) is 42.8 Å². The molecule has 1 aromatic heterocycles. The third kappa shape index (κ3) is 4.26. The number of piperazine rings is 1. The first-order valence-corrected chi connectivity index (χ1v) is 9.84. The lowest BCUT2D eigenvalue weighted by atomic mass is 10.1. The summed E-state index contributed by atoms with van der Waals surface area (Å²) in [6.45, 7) is 5.89. The molecule has 0 aliphatic carbocycles. The first kappa shape index (κ1) is 18.7.